The van der Waals surface area contributed by atoms with Gasteiger partial charge in [-0.2, -0.15) is 18.6 Å². The van der Waals surface area contributed by atoms with Gasteiger partial charge in [0.15, 0.2) is 0 Å². The molecule has 0 aliphatic heterocycles. The van der Waals surface area contributed by atoms with Crippen LogP contribution in [0.25, 0.3) is 10.8 Å². The molecule has 0 aliphatic carbocycles. The van der Waals surface area contributed by atoms with Gasteiger partial charge in [-0.1, -0.05) is 66.2 Å². The van der Waals surface area contributed by atoms with E-state index in [2.05, 4.69) is 15.5 Å². The number of fused-ring (bicyclic) bond motifs is 1. The standard InChI is InChI=1S/C27H23Cl2N3O6S.Na/c1-3-15-13-19(28)23(39(35,36)37)14-21(15)31-32-25-17-9-6-5-8-16(17)12-18(26(25)33)27(34)30-20-10-7-11-22(24(20)29)38-4-2;/h5-14,33H,3-4H2,1-2H3,(H,30,34)(H,35,36,37);/q;+1/p-1. The maximum absolute atomic E-state index is 13.5. The molecule has 0 unspecified atom stereocenters. The molecular weight excluding hydrogens is 588 g/mol. The summed E-state index contributed by atoms with van der Waals surface area (Å²) in [6.45, 7) is 3.97. The summed E-state index contributed by atoms with van der Waals surface area (Å²) < 4.78 is 38.5. The summed E-state index contributed by atoms with van der Waals surface area (Å²) in [4.78, 5) is 12.7. The number of ether oxygens (including phenoxy) is 1. The summed E-state index contributed by atoms with van der Waals surface area (Å²) in [6.07, 6.45) is 0.412. The van der Waals surface area contributed by atoms with Crippen LogP contribution in [-0.4, -0.2) is 25.5 Å². The average molecular weight is 610 g/mol. The number of amides is 1. The maximum Gasteiger partial charge on any atom is 1.00 e. The first-order valence-corrected chi connectivity index (χ1v) is 13.9. The smallest absolute Gasteiger partial charge is 0.870 e. The molecule has 0 radical (unpaired) electrons. The molecule has 13 heteroatoms. The van der Waals surface area contributed by atoms with Crippen molar-refractivity contribution in [2.24, 2.45) is 10.2 Å². The van der Waals surface area contributed by atoms with Gasteiger partial charge >= 0.3 is 29.6 Å². The first-order chi connectivity index (χ1) is 18.5. The van der Waals surface area contributed by atoms with Crippen LogP contribution in [0.15, 0.2) is 75.8 Å². The van der Waals surface area contributed by atoms with E-state index >= 15 is 0 Å². The summed E-state index contributed by atoms with van der Waals surface area (Å²) in [6, 6.07) is 15.6. The molecule has 0 heterocycles. The molecule has 0 atom stereocenters. The average Bonchev–Trinajstić information content (AvgIpc) is 2.89. The fourth-order valence-corrected chi connectivity index (χ4v) is 5.18. The molecule has 0 bridgehead atoms. The predicted molar refractivity (Wildman–Crippen MR) is 149 cm³/mol. The first-order valence-electron chi connectivity index (χ1n) is 11.7. The van der Waals surface area contributed by atoms with Gasteiger partial charge in [0.05, 0.1) is 28.7 Å². The van der Waals surface area contributed by atoms with Crippen LogP contribution in [0.5, 0.6) is 11.5 Å². The van der Waals surface area contributed by atoms with Gasteiger partial charge in [0.25, 0.3) is 16.0 Å². The van der Waals surface area contributed by atoms with Crippen LogP contribution in [0.3, 0.4) is 0 Å². The van der Waals surface area contributed by atoms with Gasteiger partial charge in [-0.15, -0.1) is 0 Å². The zero-order valence-electron chi connectivity index (χ0n) is 21.7. The van der Waals surface area contributed by atoms with Crippen LogP contribution in [0.4, 0.5) is 17.1 Å². The number of aryl methyl sites for hydroxylation is 1. The molecule has 0 saturated carbocycles. The molecular formula is C27H22Cl2N3NaO6S. The van der Waals surface area contributed by atoms with E-state index in [0.29, 0.717) is 35.1 Å². The van der Waals surface area contributed by atoms with Crippen molar-refractivity contribution in [2.75, 3.05) is 11.9 Å². The normalized spacial score (nSPS) is 11.4. The maximum atomic E-state index is 13.5. The van der Waals surface area contributed by atoms with Gasteiger partial charge < -0.3 is 15.2 Å². The van der Waals surface area contributed by atoms with Crippen LogP contribution < -0.4 is 44.7 Å². The largest absolute Gasteiger partial charge is 1.00 e. The van der Waals surface area contributed by atoms with Gasteiger partial charge in [0, 0.05) is 10.9 Å². The minimum absolute atomic E-state index is 0. The molecule has 1 amide bonds. The Balaban J connectivity index is 0.00000441. The third kappa shape index (κ3) is 6.77. The van der Waals surface area contributed by atoms with Crippen molar-refractivity contribution in [3.05, 3.63) is 81.8 Å². The van der Waals surface area contributed by atoms with Crippen molar-refractivity contribution in [3.63, 3.8) is 0 Å². The molecule has 0 aromatic heterocycles. The Hall–Kier alpha value is -2.70. The van der Waals surface area contributed by atoms with Crippen molar-refractivity contribution in [3.8, 4) is 11.5 Å². The Bertz CT molecular complexity index is 1730. The van der Waals surface area contributed by atoms with Crippen molar-refractivity contribution in [2.45, 2.75) is 25.2 Å². The molecule has 9 nitrogen and oxygen atoms in total. The van der Waals surface area contributed by atoms with Gasteiger partial charge in [-0.05, 0) is 54.6 Å². The Kier molecular flexibility index (Phi) is 10.6. The molecule has 202 valence electrons. The van der Waals surface area contributed by atoms with E-state index in [1.54, 1.807) is 56.3 Å². The van der Waals surface area contributed by atoms with E-state index in [9.17, 15) is 22.9 Å². The third-order valence-corrected chi connectivity index (χ3v) is 7.49. The fourth-order valence-electron chi connectivity index (χ4n) is 3.90. The number of benzene rings is 4. The SMILES string of the molecule is CCOc1cccc(NC(=O)c2cc3ccccc3c(N=Nc3cc(S(=O)(=O)O)c(Cl)cc3CC)c2[O-])c1Cl.[Na+]. The zero-order valence-corrected chi connectivity index (χ0v) is 26.1. The number of anilines is 1. The number of hydrogen-bond acceptors (Lipinski definition) is 7. The first kappa shape index (κ1) is 31.8. The molecule has 0 saturated heterocycles. The number of nitrogens with zero attached hydrogens (tertiary/aromatic N) is 2. The second-order valence-electron chi connectivity index (χ2n) is 8.27. The van der Waals surface area contributed by atoms with Crippen molar-refractivity contribution < 1.29 is 57.2 Å². The van der Waals surface area contributed by atoms with E-state index in [1.807, 2.05) is 0 Å². The van der Waals surface area contributed by atoms with Crippen molar-refractivity contribution >= 4 is 67.1 Å². The van der Waals surface area contributed by atoms with Crippen molar-refractivity contribution in [1.82, 2.24) is 0 Å². The van der Waals surface area contributed by atoms with E-state index in [0.717, 1.165) is 6.07 Å². The molecule has 2 N–H and O–H groups in total. The number of carbonyl (C=O) groups excluding carboxylic acids is 1. The third-order valence-electron chi connectivity index (χ3n) is 5.78. The van der Waals surface area contributed by atoms with Gasteiger partial charge in [0.2, 0.25) is 0 Å². The van der Waals surface area contributed by atoms with Gasteiger partial charge in [0.1, 0.15) is 15.7 Å². The summed E-state index contributed by atoms with van der Waals surface area (Å²) in [5.41, 5.74) is 0.552. The Morgan fingerprint density at radius 2 is 1.77 bits per heavy atom. The Morgan fingerprint density at radius 1 is 1.05 bits per heavy atom. The van der Waals surface area contributed by atoms with E-state index in [1.165, 1.54) is 12.1 Å². The number of nitrogens with one attached hydrogen (secondary N) is 1. The number of halogens is 2. The molecule has 40 heavy (non-hydrogen) atoms. The fraction of sp³-hybridized carbons (Fsp3) is 0.148. The van der Waals surface area contributed by atoms with Gasteiger partial charge in [-0.3, -0.25) is 9.35 Å². The quantitative estimate of drug-likeness (QED) is 0.175. The van der Waals surface area contributed by atoms with E-state index < -0.39 is 26.7 Å². The molecule has 4 aromatic rings. The summed E-state index contributed by atoms with van der Waals surface area (Å²) in [5.74, 6) is -1.03. The predicted octanol–water partition coefficient (Wildman–Crippen LogP) is 4.10. The second-order valence-corrected chi connectivity index (χ2v) is 10.4. The van der Waals surface area contributed by atoms with Crippen LogP contribution in [0.2, 0.25) is 10.0 Å². The van der Waals surface area contributed by atoms with Crippen molar-refractivity contribution in [1.29, 1.82) is 0 Å². The zero-order chi connectivity index (χ0) is 28.3. The second kappa shape index (κ2) is 13.3. The Labute approximate surface area is 263 Å². The number of hydrogen-bond donors (Lipinski definition) is 2. The van der Waals surface area contributed by atoms with Crippen LogP contribution in [0, 0.1) is 0 Å². The molecule has 0 spiro atoms. The topological polar surface area (TPSA) is 140 Å². The van der Waals surface area contributed by atoms with Crippen LogP contribution >= 0.6 is 23.2 Å². The Morgan fingerprint density at radius 3 is 2.45 bits per heavy atom. The monoisotopic (exact) mass is 609 g/mol. The minimum Gasteiger partial charge on any atom is -0.870 e. The van der Waals surface area contributed by atoms with Gasteiger partial charge in [-0.25, -0.2) is 0 Å². The summed E-state index contributed by atoms with van der Waals surface area (Å²) in [7, 11) is -4.63. The van der Waals surface area contributed by atoms with E-state index in [-0.39, 0.29) is 62.2 Å². The molecule has 0 fully saturated rings. The van der Waals surface area contributed by atoms with Crippen LogP contribution in [-0.2, 0) is 16.5 Å². The number of azo groups is 1. The molecule has 4 aromatic carbocycles. The number of carbonyl (C=O) groups is 1. The van der Waals surface area contributed by atoms with E-state index in [4.69, 9.17) is 27.9 Å². The molecule has 4 rings (SSSR count). The summed E-state index contributed by atoms with van der Waals surface area (Å²) in [5, 5.41) is 25.4. The molecule has 0 aliphatic rings. The summed E-state index contributed by atoms with van der Waals surface area (Å²) >= 11 is 12.4. The van der Waals surface area contributed by atoms with Crippen LogP contribution in [0.1, 0.15) is 29.8 Å². The number of rotatable bonds is 8. The minimum atomic E-state index is -4.63.